The molecule has 0 spiro atoms. The number of ether oxygens (including phenoxy) is 1. The molecule has 10 heteroatoms. The number of aryl methyl sites for hydroxylation is 1. The Morgan fingerprint density at radius 2 is 1.92 bits per heavy atom. The summed E-state index contributed by atoms with van der Waals surface area (Å²) in [5.41, 5.74) is 4.24. The number of carbonyl (C=O) groups is 2. The highest BCUT2D eigenvalue weighted by atomic mass is 16.5. The maximum atomic E-state index is 12.6. The van der Waals surface area contributed by atoms with Gasteiger partial charge in [-0.25, -0.2) is 9.78 Å². The first-order valence-corrected chi connectivity index (χ1v) is 13.0. The van der Waals surface area contributed by atoms with Crippen LogP contribution in [-0.4, -0.2) is 57.6 Å². The van der Waals surface area contributed by atoms with Crippen LogP contribution in [0.25, 0.3) is 11.0 Å². The number of carbonyl (C=O) groups excluding carboxylic acids is 2. The van der Waals surface area contributed by atoms with E-state index in [4.69, 9.17) is 9.72 Å². The summed E-state index contributed by atoms with van der Waals surface area (Å²) < 4.78 is 8.05. The number of nitrogens with one attached hydrogen (secondary N) is 3. The van der Waals surface area contributed by atoms with Gasteiger partial charge in [0, 0.05) is 57.2 Å². The molecule has 0 atom stereocenters. The molecular weight excluding hydrogens is 494 g/mol. The fourth-order valence-electron chi connectivity index (χ4n) is 4.40. The third-order valence-corrected chi connectivity index (χ3v) is 6.65. The first kappa shape index (κ1) is 26.0. The molecule has 3 heterocycles. The number of aromatic nitrogens is 3. The Balaban J connectivity index is 1.26. The smallest absolute Gasteiger partial charge is 0.317 e. The SMILES string of the molecule is Cn1c(Nc2cccc(C(C)(C)C)c2)nc2cc(Oc3ccnc(C(=O)NCCN4CCNC4=O)c3)ccc21. The number of hydrogen-bond donors (Lipinski definition) is 3. The second kappa shape index (κ2) is 10.6. The molecule has 3 N–H and O–H groups in total. The number of amides is 3. The first-order chi connectivity index (χ1) is 18.7. The lowest BCUT2D eigenvalue weighted by atomic mass is 9.87. The molecule has 39 heavy (non-hydrogen) atoms. The van der Waals surface area contributed by atoms with Gasteiger partial charge >= 0.3 is 6.03 Å². The topological polar surface area (TPSA) is 113 Å². The van der Waals surface area contributed by atoms with E-state index in [0.29, 0.717) is 37.7 Å². The quantitative estimate of drug-likeness (QED) is 0.310. The van der Waals surface area contributed by atoms with Gasteiger partial charge in [-0.15, -0.1) is 0 Å². The van der Waals surface area contributed by atoms with Gasteiger partial charge in [0.15, 0.2) is 0 Å². The van der Waals surface area contributed by atoms with E-state index in [1.54, 1.807) is 17.0 Å². The van der Waals surface area contributed by atoms with Crippen molar-refractivity contribution in [3.8, 4) is 11.5 Å². The molecule has 4 aromatic rings. The largest absolute Gasteiger partial charge is 0.457 e. The van der Waals surface area contributed by atoms with Gasteiger partial charge in [-0.3, -0.25) is 9.78 Å². The molecule has 1 aliphatic heterocycles. The molecule has 2 aromatic carbocycles. The third-order valence-electron chi connectivity index (χ3n) is 6.65. The molecule has 0 unspecified atom stereocenters. The Bertz CT molecular complexity index is 1520. The zero-order valence-corrected chi connectivity index (χ0v) is 22.6. The van der Waals surface area contributed by atoms with Crippen molar-refractivity contribution in [2.45, 2.75) is 26.2 Å². The van der Waals surface area contributed by atoms with Crippen LogP contribution in [0.15, 0.2) is 60.8 Å². The summed E-state index contributed by atoms with van der Waals surface area (Å²) in [6, 6.07) is 17.2. The average Bonchev–Trinajstić information content (AvgIpc) is 3.45. The van der Waals surface area contributed by atoms with Gasteiger partial charge in [0.05, 0.1) is 11.0 Å². The van der Waals surface area contributed by atoms with E-state index in [9.17, 15) is 9.59 Å². The molecule has 1 fully saturated rings. The van der Waals surface area contributed by atoms with Gasteiger partial charge < -0.3 is 30.2 Å². The standard InChI is InChI=1S/C29H33N7O3/c1-29(2,3)19-6-5-7-20(16-19)33-27-34-23-17-21(8-9-25(23)35(27)4)39-22-10-11-30-24(18-22)26(37)31-12-14-36-15-13-32-28(36)38/h5-11,16-18H,12-15H2,1-4H3,(H,31,37)(H,32,38)(H,33,34). The van der Waals surface area contributed by atoms with E-state index < -0.39 is 0 Å². The molecule has 0 radical (unpaired) electrons. The van der Waals surface area contributed by atoms with Gasteiger partial charge in [0.1, 0.15) is 17.2 Å². The highest BCUT2D eigenvalue weighted by molar-refractivity contribution is 5.92. The highest BCUT2D eigenvalue weighted by Crippen LogP contribution is 2.30. The summed E-state index contributed by atoms with van der Waals surface area (Å²) in [7, 11) is 1.97. The minimum absolute atomic E-state index is 0.0511. The van der Waals surface area contributed by atoms with E-state index in [1.165, 1.54) is 11.8 Å². The normalized spacial score (nSPS) is 13.4. The van der Waals surface area contributed by atoms with Crippen LogP contribution >= 0.6 is 0 Å². The molecule has 1 aliphatic rings. The third kappa shape index (κ3) is 5.95. The molecule has 3 amide bonds. The van der Waals surface area contributed by atoms with Crippen LogP contribution in [-0.2, 0) is 12.5 Å². The van der Waals surface area contributed by atoms with Crippen molar-refractivity contribution in [3.05, 3.63) is 72.1 Å². The predicted molar refractivity (Wildman–Crippen MR) is 151 cm³/mol. The Morgan fingerprint density at radius 3 is 2.69 bits per heavy atom. The van der Waals surface area contributed by atoms with Crippen LogP contribution in [0, 0.1) is 0 Å². The molecule has 10 nitrogen and oxygen atoms in total. The second-order valence-corrected chi connectivity index (χ2v) is 10.6. The zero-order valence-electron chi connectivity index (χ0n) is 22.6. The fourth-order valence-corrected chi connectivity index (χ4v) is 4.40. The number of urea groups is 1. The van der Waals surface area contributed by atoms with Crippen molar-refractivity contribution in [3.63, 3.8) is 0 Å². The summed E-state index contributed by atoms with van der Waals surface area (Å²) in [6.45, 7) is 8.62. The number of rotatable bonds is 8. The van der Waals surface area contributed by atoms with Gasteiger partial charge in [-0.1, -0.05) is 32.9 Å². The lowest BCUT2D eigenvalue weighted by Gasteiger charge is -2.20. The maximum absolute atomic E-state index is 12.6. The van der Waals surface area contributed by atoms with Crippen molar-refractivity contribution in [2.24, 2.45) is 7.05 Å². The minimum Gasteiger partial charge on any atom is -0.457 e. The molecule has 0 saturated carbocycles. The van der Waals surface area contributed by atoms with Crippen LogP contribution < -0.4 is 20.7 Å². The number of pyridine rings is 1. The van der Waals surface area contributed by atoms with Gasteiger partial charge in [-0.2, -0.15) is 0 Å². The van der Waals surface area contributed by atoms with Crippen molar-refractivity contribution in [1.29, 1.82) is 0 Å². The first-order valence-electron chi connectivity index (χ1n) is 13.0. The van der Waals surface area contributed by atoms with Gasteiger partial charge in [0.25, 0.3) is 5.91 Å². The van der Waals surface area contributed by atoms with Crippen LogP contribution in [0.4, 0.5) is 16.4 Å². The number of hydrogen-bond acceptors (Lipinski definition) is 6. The van der Waals surface area contributed by atoms with Crippen molar-refractivity contribution in [1.82, 2.24) is 30.1 Å². The summed E-state index contributed by atoms with van der Waals surface area (Å²) in [5.74, 6) is 1.48. The monoisotopic (exact) mass is 527 g/mol. The van der Waals surface area contributed by atoms with Crippen molar-refractivity contribution < 1.29 is 14.3 Å². The molecule has 2 aromatic heterocycles. The Hall–Kier alpha value is -4.60. The number of nitrogens with zero attached hydrogens (tertiary/aromatic N) is 4. The second-order valence-electron chi connectivity index (χ2n) is 10.6. The minimum atomic E-state index is -0.327. The lowest BCUT2D eigenvalue weighted by Crippen LogP contribution is -2.37. The lowest BCUT2D eigenvalue weighted by molar-refractivity contribution is 0.0945. The van der Waals surface area contributed by atoms with Crippen LogP contribution in [0.1, 0.15) is 36.8 Å². The van der Waals surface area contributed by atoms with Crippen molar-refractivity contribution in [2.75, 3.05) is 31.5 Å². The number of benzene rings is 2. The zero-order chi connectivity index (χ0) is 27.6. The molecule has 202 valence electrons. The number of fused-ring (bicyclic) bond motifs is 1. The molecule has 5 rings (SSSR count). The van der Waals surface area contributed by atoms with E-state index in [1.807, 2.05) is 41.9 Å². The molecule has 1 saturated heterocycles. The summed E-state index contributed by atoms with van der Waals surface area (Å²) >= 11 is 0. The van der Waals surface area contributed by atoms with Gasteiger partial charge in [-0.05, 0) is 41.3 Å². The van der Waals surface area contributed by atoms with Gasteiger partial charge in [0.2, 0.25) is 5.95 Å². The van der Waals surface area contributed by atoms with Crippen LogP contribution in [0.2, 0.25) is 0 Å². The van der Waals surface area contributed by atoms with E-state index in [2.05, 4.69) is 53.8 Å². The highest BCUT2D eigenvalue weighted by Gasteiger charge is 2.19. The molecule has 0 bridgehead atoms. The van der Waals surface area contributed by atoms with Crippen molar-refractivity contribution >= 4 is 34.6 Å². The molecular formula is C29H33N7O3. The maximum Gasteiger partial charge on any atom is 0.317 e. The Kier molecular flexibility index (Phi) is 7.10. The van der Waals surface area contributed by atoms with E-state index >= 15 is 0 Å². The Labute approximate surface area is 227 Å². The average molecular weight is 528 g/mol. The number of anilines is 2. The molecule has 0 aliphatic carbocycles. The predicted octanol–water partition coefficient (Wildman–Crippen LogP) is 4.56. The fraction of sp³-hybridized carbons (Fsp3) is 0.310. The van der Waals surface area contributed by atoms with Crippen LogP contribution in [0.3, 0.4) is 0 Å². The summed E-state index contributed by atoms with van der Waals surface area (Å²) in [4.78, 5) is 34.8. The van der Waals surface area contributed by atoms with E-state index in [-0.39, 0.29) is 23.0 Å². The number of imidazole rings is 1. The summed E-state index contributed by atoms with van der Waals surface area (Å²) in [5, 5.41) is 8.98. The summed E-state index contributed by atoms with van der Waals surface area (Å²) in [6.07, 6.45) is 1.53. The van der Waals surface area contributed by atoms with Crippen LogP contribution in [0.5, 0.6) is 11.5 Å². The van der Waals surface area contributed by atoms with E-state index in [0.717, 1.165) is 22.7 Å². The Morgan fingerprint density at radius 1 is 1.10 bits per heavy atom.